The van der Waals surface area contributed by atoms with Crippen LogP contribution < -0.4 is 0 Å². The number of nitrogens with zero attached hydrogens (tertiary/aromatic N) is 3. The van der Waals surface area contributed by atoms with Crippen LogP contribution in [0.4, 0.5) is 0 Å². The number of aromatic nitrogens is 1. The van der Waals surface area contributed by atoms with Gasteiger partial charge in [-0.3, -0.25) is 9.69 Å². The van der Waals surface area contributed by atoms with Gasteiger partial charge >= 0.3 is 0 Å². The summed E-state index contributed by atoms with van der Waals surface area (Å²) in [4.78, 5) is 22.0. The second-order valence-corrected chi connectivity index (χ2v) is 9.73. The number of hydrogen-bond donors (Lipinski definition) is 0. The van der Waals surface area contributed by atoms with E-state index in [0.717, 1.165) is 60.5 Å². The molecule has 0 bridgehead atoms. The fourth-order valence-corrected chi connectivity index (χ4v) is 5.45. The number of aryl methyl sites for hydroxylation is 1. The molecule has 0 spiro atoms. The van der Waals surface area contributed by atoms with Gasteiger partial charge in [0.2, 0.25) is 0 Å². The number of rotatable bonds is 6. The van der Waals surface area contributed by atoms with Gasteiger partial charge in [0.05, 0.1) is 0 Å². The zero-order valence-corrected chi connectivity index (χ0v) is 18.9. The molecule has 30 heavy (non-hydrogen) atoms. The lowest BCUT2D eigenvalue weighted by atomic mass is 10.1. The van der Waals surface area contributed by atoms with Crippen molar-refractivity contribution in [2.24, 2.45) is 0 Å². The maximum absolute atomic E-state index is 13.0. The van der Waals surface area contributed by atoms with Crippen LogP contribution in [0.1, 0.15) is 33.6 Å². The van der Waals surface area contributed by atoms with Crippen LogP contribution in [0.5, 0.6) is 0 Å². The summed E-state index contributed by atoms with van der Waals surface area (Å²) < 4.78 is 1.09. The average Bonchev–Trinajstić information content (AvgIpc) is 3.05. The lowest BCUT2D eigenvalue weighted by Crippen LogP contribution is -2.35. The van der Waals surface area contributed by atoms with Crippen molar-refractivity contribution in [2.75, 3.05) is 26.2 Å². The van der Waals surface area contributed by atoms with Gasteiger partial charge in [0.15, 0.2) is 0 Å². The lowest BCUT2D eigenvalue weighted by molar-refractivity contribution is 0.0761. The van der Waals surface area contributed by atoms with Crippen molar-refractivity contribution >= 4 is 29.0 Å². The van der Waals surface area contributed by atoms with Crippen molar-refractivity contribution in [1.82, 2.24) is 14.8 Å². The van der Waals surface area contributed by atoms with Crippen LogP contribution >= 0.6 is 23.1 Å². The van der Waals surface area contributed by atoms with Crippen LogP contribution in [-0.2, 0) is 12.3 Å². The summed E-state index contributed by atoms with van der Waals surface area (Å²) in [5, 5.41) is 2.08. The van der Waals surface area contributed by atoms with E-state index in [-0.39, 0.29) is 5.91 Å². The Balaban J connectivity index is 1.30. The van der Waals surface area contributed by atoms with Crippen LogP contribution in [0, 0.1) is 6.92 Å². The number of thiazole rings is 1. The van der Waals surface area contributed by atoms with Gasteiger partial charge in [-0.1, -0.05) is 54.2 Å². The van der Waals surface area contributed by atoms with Gasteiger partial charge in [-0.15, -0.1) is 11.3 Å². The summed E-state index contributed by atoms with van der Waals surface area (Å²) in [6.07, 6.45) is 1.01. The topological polar surface area (TPSA) is 36.4 Å². The SMILES string of the molecule is Cc1csc(SCc2ccc(C(=O)N3CCCN(Cc4ccccc4)CC3)cc2)n1. The first-order valence-electron chi connectivity index (χ1n) is 10.4. The van der Waals surface area contributed by atoms with E-state index in [1.807, 2.05) is 24.0 Å². The normalized spacial score (nSPS) is 15.2. The first-order chi connectivity index (χ1) is 14.7. The fraction of sp³-hybridized carbons (Fsp3) is 0.333. The number of carbonyl (C=O) groups is 1. The van der Waals surface area contributed by atoms with Crippen molar-refractivity contribution < 1.29 is 4.79 Å². The Kier molecular flexibility index (Phi) is 7.20. The van der Waals surface area contributed by atoms with E-state index in [4.69, 9.17) is 0 Å². The van der Waals surface area contributed by atoms with Gasteiger partial charge in [0.1, 0.15) is 4.34 Å². The largest absolute Gasteiger partial charge is 0.337 e. The second kappa shape index (κ2) is 10.2. The highest BCUT2D eigenvalue weighted by Crippen LogP contribution is 2.26. The van der Waals surface area contributed by atoms with Crippen LogP contribution in [0.3, 0.4) is 0 Å². The Bertz CT molecular complexity index is 956. The summed E-state index contributed by atoms with van der Waals surface area (Å²) >= 11 is 3.43. The van der Waals surface area contributed by atoms with E-state index in [2.05, 4.69) is 57.7 Å². The van der Waals surface area contributed by atoms with Gasteiger partial charge < -0.3 is 4.90 Å². The first-order valence-corrected chi connectivity index (χ1v) is 12.2. The monoisotopic (exact) mass is 437 g/mol. The molecule has 156 valence electrons. The molecule has 4 rings (SSSR count). The van der Waals surface area contributed by atoms with E-state index in [0.29, 0.717) is 0 Å². The Morgan fingerprint density at radius 3 is 2.53 bits per heavy atom. The van der Waals surface area contributed by atoms with Crippen LogP contribution in [0.25, 0.3) is 0 Å². The van der Waals surface area contributed by atoms with Crippen molar-refractivity contribution in [3.05, 3.63) is 82.4 Å². The minimum atomic E-state index is 0.145. The van der Waals surface area contributed by atoms with Gasteiger partial charge in [-0.2, -0.15) is 0 Å². The standard InChI is InChI=1S/C24H27N3OS2/c1-19-17-29-24(25-19)30-18-21-8-10-22(11-9-21)23(28)27-13-5-12-26(14-15-27)16-20-6-3-2-4-7-20/h2-4,6-11,17H,5,12-16,18H2,1H3. The molecule has 0 saturated carbocycles. The van der Waals surface area contributed by atoms with Crippen LogP contribution in [-0.4, -0.2) is 46.9 Å². The Hall–Kier alpha value is -2.15. The summed E-state index contributed by atoms with van der Waals surface area (Å²) in [5.41, 5.74) is 4.40. The van der Waals surface area contributed by atoms with E-state index < -0.39 is 0 Å². The zero-order valence-electron chi connectivity index (χ0n) is 17.3. The maximum Gasteiger partial charge on any atom is 0.253 e. The molecule has 4 nitrogen and oxygen atoms in total. The third kappa shape index (κ3) is 5.72. The first kappa shape index (κ1) is 21.1. The third-order valence-corrected chi connectivity index (χ3v) is 7.50. The number of benzene rings is 2. The van der Waals surface area contributed by atoms with E-state index in [9.17, 15) is 4.79 Å². The fourth-order valence-electron chi connectivity index (χ4n) is 3.64. The third-order valence-electron chi connectivity index (χ3n) is 5.29. The molecule has 1 aliphatic rings. The molecular formula is C24H27N3OS2. The molecule has 1 aromatic heterocycles. The molecule has 0 N–H and O–H groups in total. The zero-order chi connectivity index (χ0) is 20.8. The summed E-state index contributed by atoms with van der Waals surface area (Å²) in [5.74, 6) is 1.02. The number of amides is 1. The minimum Gasteiger partial charge on any atom is -0.337 e. The molecule has 1 saturated heterocycles. The highest BCUT2D eigenvalue weighted by molar-refractivity contribution is 8.00. The number of thioether (sulfide) groups is 1. The van der Waals surface area contributed by atoms with E-state index in [1.54, 1.807) is 23.1 Å². The molecule has 0 aliphatic carbocycles. The molecular weight excluding hydrogens is 410 g/mol. The highest BCUT2D eigenvalue weighted by atomic mass is 32.2. The summed E-state index contributed by atoms with van der Waals surface area (Å²) in [6, 6.07) is 18.6. The summed E-state index contributed by atoms with van der Waals surface area (Å²) in [6.45, 7) is 6.53. The minimum absolute atomic E-state index is 0.145. The molecule has 0 atom stereocenters. The summed E-state index contributed by atoms with van der Waals surface area (Å²) in [7, 11) is 0. The molecule has 1 fully saturated rings. The number of carbonyl (C=O) groups excluding carboxylic acids is 1. The smallest absolute Gasteiger partial charge is 0.253 e. The Morgan fingerprint density at radius 1 is 1.00 bits per heavy atom. The van der Waals surface area contributed by atoms with Crippen molar-refractivity contribution in [3.8, 4) is 0 Å². The van der Waals surface area contributed by atoms with Gasteiger partial charge in [0, 0.05) is 55.1 Å². The second-order valence-electron chi connectivity index (χ2n) is 7.65. The van der Waals surface area contributed by atoms with Gasteiger partial charge in [-0.25, -0.2) is 4.98 Å². The predicted octanol–water partition coefficient (Wildman–Crippen LogP) is 5.09. The quantitative estimate of drug-likeness (QED) is 0.503. The van der Waals surface area contributed by atoms with Crippen molar-refractivity contribution in [3.63, 3.8) is 0 Å². The van der Waals surface area contributed by atoms with E-state index >= 15 is 0 Å². The Labute approximate surface area is 186 Å². The van der Waals surface area contributed by atoms with Crippen molar-refractivity contribution in [1.29, 1.82) is 0 Å². The molecule has 2 heterocycles. The molecule has 2 aromatic carbocycles. The molecule has 1 aliphatic heterocycles. The molecule has 1 amide bonds. The van der Waals surface area contributed by atoms with Gasteiger partial charge in [0.25, 0.3) is 5.91 Å². The number of hydrogen-bond acceptors (Lipinski definition) is 5. The molecule has 0 unspecified atom stereocenters. The molecule has 6 heteroatoms. The van der Waals surface area contributed by atoms with E-state index in [1.165, 1.54) is 11.1 Å². The molecule has 3 aromatic rings. The van der Waals surface area contributed by atoms with Crippen LogP contribution in [0.2, 0.25) is 0 Å². The van der Waals surface area contributed by atoms with Crippen LogP contribution in [0.15, 0.2) is 64.3 Å². The lowest BCUT2D eigenvalue weighted by Gasteiger charge is -2.22. The maximum atomic E-state index is 13.0. The highest BCUT2D eigenvalue weighted by Gasteiger charge is 2.20. The molecule has 0 radical (unpaired) electrons. The predicted molar refractivity (Wildman–Crippen MR) is 125 cm³/mol. The van der Waals surface area contributed by atoms with Crippen molar-refractivity contribution in [2.45, 2.75) is 30.0 Å². The average molecular weight is 438 g/mol. The Morgan fingerprint density at radius 2 is 1.80 bits per heavy atom. The van der Waals surface area contributed by atoms with Gasteiger partial charge in [-0.05, 0) is 36.6 Å².